The number of para-hydroxylation sites is 1. The summed E-state index contributed by atoms with van der Waals surface area (Å²) in [6, 6.07) is 6.56. The number of hydrogen-bond acceptors (Lipinski definition) is 1. The van der Waals surface area contributed by atoms with Gasteiger partial charge in [-0.05, 0) is 26.0 Å². The van der Waals surface area contributed by atoms with Crippen LogP contribution in [0.5, 0.6) is 0 Å². The highest BCUT2D eigenvalue weighted by Gasteiger charge is 2.09. The van der Waals surface area contributed by atoms with Gasteiger partial charge in [0.05, 0.1) is 5.69 Å². The third kappa shape index (κ3) is 2.94. The summed E-state index contributed by atoms with van der Waals surface area (Å²) in [5.41, 5.74) is 6.16. The van der Waals surface area contributed by atoms with Crippen molar-refractivity contribution in [2.45, 2.75) is 19.9 Å². The molecule has 2 N–H and O–H groups in total. The maximum atomic E-state index is 13.4. The van der Waals surface area contributed by atoms with Crippen molar-refractivity contribution in [3.63, 3.8) is 0 Å². The van der Waals surface area contributed by atoms with E-state index >= 15 is 0 Å². The predicted molar refractivity (Wildman–Crippen MR) is 61.6 cm³/mol. The highest BCUT2D eigenvalue weighted by molar-refractivity contribution is 5.94. The molecule has 0 fully saturated rings. The smallest absolute Gasteiger partial charge is 0.195 e. The third-order valence-electron chi connectivity index (χ3n) is 1.95. The van der Waals surface area contributed by atoms with E-state index < -0.39 is 0 Å². The molecule has 0 bridgehead atoms. The first kappa shape index (κ1) is 11.5. The highest BCUT2D eigenvalue weighted by atomic mass is 19.1. The molecule has 0 radical (unpaired) electrons. The number of aliphatic imine (C=N–C) groups is 1. The largest absolute Gasteiger partial charge is 0.370 e. The summed E-state index contributed by atoms with van der Waals surface area (Å²) in [6.45, 7) is 3.84. The summed E-state index contributed by atoms with van der Waals surface area (Å²) in [4.78, 5) is 5.69. The molecule has 0 aromatic heterocycles. The first-order valence-electron chi connectivity index (χ1n) is 4.84. The number of benzene rings is 1. The van der Waals surface area contributed by atoms with Gasteiger partial charge in [0.25, 0.3) is 0 Å². The van der Waals surface area contributed by atoms with Crippen molar-refractivity contribution in [2.75, 3.05) is 11.9 Å². The van der Waals surface area contributed by atoms with Crippen LogP contribution in [0, 0.1) is 5.82 Å². The Morgan fingerprint density at radius 1 is 1.40 bits per heavy atom. The van der Waals surface area contributed by atoms with Crippen LogP contribution in [-0.4, -0.2) is 19.0 Å². The third-order valence-corrected chi connectivity index (χ3v) is 1.95. The molecule has 0 aliphatic carbocycles. The Morgan fingerprint density at radius 2 is 2.00 bits per heavy atom. The molecule has 1 aromatic rings. The van der Waals surface area contributed by atoms with Crippen LogP contribution in [0.3, 0.4) is 0 Å². The van der Waals surface area contributed by atoms with E-state index in [1.54, 1.807) is 25.2 Å². The Balaban J connectivity index is 2.95. The molecule has 4 heteroatoms. The first-order chi connectivity index (χ1) is 7.02. The monoisotopic (exact) mass is 209 g/mol. The highest BCUT2D eigenvalue weighted by Crippen LogP contribution is 2.16. The maximum Gasteiger partial charge on any atom is 0.195 e. The SMILES string of the molecule is CC(C)N=C(N)N(C)c1ccccc1F. The number of nitrogens with zero attached hydrogens (tertiary/aromatic N) is 2. The second-order valence-electron chi connectivity index (χ2n) is 3.59. The molecule has 0 unspecified atom stereocenters. The second kappa shape index (κ2) is 4.77. The molecular weight excluding hydrogens is 193 g/mol. The summed E-state index contributed by atoms with van der Waals surface area (Å²) in [5.74, 6) is 0.0111. The van der Waals surface area contributed by atoms with Gasteiger partial charge in [-0.2, -0.15) is 0 Å². The van der Waals surface area contributed by atoms with Crippen LogP contribution in [-0.2, 0) is 0 Å². The van der Waals surface area contributed by atoms with E-state index in [9.17, 15) is 4.39 Å². The number of guanidine groups is 1. The molecule has 0 heterocycles. The van der Waals surface area contributed by atoms with Crippen LogP contribution < -0.4 is 10.6 Å². The Bertz CT molecular complexity index is 361. The molecule has 0 spiro atoms. The minimum Gasteiger partial charge on any atom is -0.370 e. The Kier molecular flexibility index (Phi) is 3.66. The fourth-order valence-corrected chi connectivity index (χ4v) is 1.20. The summed E-state index contributed by atoms with van der Waals surface area (Å²) in [5, 5.41) is 0. The summed E-state index contributed by atoms with van der Waals surface area (Å²) < 4.78 is 13.4. The molecular formula is C11H16FN3. The minimum absolute atomic E-state index is 0.0965. The minimum atomic E-state index is -0.304. The number of rotatable bonds is 2. The molecule has 3 nitrogen and oxygen atoms in total. The summed E-state index contributed by atoms with van der Waals surface area (Å²) in [6.07, 6.45) is 0. The molecule has 0 saturated heterocycles. The van der Waals surface area contributed by atoms with Crippen molar-refractivity contribution in [1.82, 2.24) is 0 Å². The second-order valence-corrected chi connectivity index (χ2v) is 3.59. The van der Waals surface area contributed by atoms with Gasteiger partial charge in [-0.15, -0.1) is 0 Å². The van der Waals surface area contributed by atoms with Crippen LogP contribution in [0.4, 0.5) is 10.1 Å². The molecule has 15 heavy (non-hydrogen) atoms. The van der Waals surface area contributed by atoms with Crippen molar-refractivity contribution < 1.29 is 4.39 Å². The number of halogens is 1. The van der Waals surface area contributed by atoms with E-state index in [4.69, 9.17) is 5.73 Å². The van der Waals surface area contributed by atoms with E-state index in [1.165, 1.54) is 11.0 Å². The number of nitrogens with two attached hydrogens (primary N) is 1. The van der Waals surface area contributed by atoms with Gasteiger partial charge in [-0.3, -0.25) is 4.99 Å². The van der Waals surface area contributed by atoms with Crippen molar-refractivity contribution >= 4 is 11.6 Å². The van der Waals surface area contributed by atoms with Gasteiger partial charge in [0, 0.05) is 13.1 Å². The topological polar surface area (TPSA) is 41.6 Å². The lowest BCUT2D eigenvalue weighted by Crippen LogP contribution is -2.35. The molecule has 0 aliphatic rings. The van der Waals surface area contributed by atoms with Gasteiger partial charge in [0.2, 0.25) is 0 Å². The van der Waals surface area contributed by atoms with Crippen LogP contribution >= 0.6 is 0 Å². The van der Waals surface area contributed by atoms with Crippen molar-refractivity contribution in [3.05, 3.63) is 30.1 Å². The Labute approximate surface area is 89.4 Å². The zero-order valence-corrected chi connectivity index (χ0v) is 9.24. The molecule has 1 rings (SSSR count). The van der Waals surface area contributed by atoms with Crippen LogP contribution in [0.25, 0.3) is 0 Å². The quantitative estimate of drug-likeness (QED) is 0.597. The van der Waals surface area contributed by atoms with Crippen molar-refractivity contribution in [2.24, 2.45) is 10.7 Å². The number of hydrogen-bond donors (Lipinski definition) is 1. The molecule has 0 aliphatic heterocycles. The zero-order chi connectivity index (χ0) is 11.4. The molecule has 0 saturated carbocycles. The van der Waals surface area contributed by atoms with E-state index in [-0.39, 0.29) is 11.9 Å². The number of anilines is 1. The first-order valence-corrected chi connectivity index (χ1v) is 4.84. The van der Waals surface area contributed by atoms with Gasteiger partial charge in [0.1, 0.15) is 5.82 Å². The van der Waals surface area contributed by atoms with Crippen molar-refractivity contribution in [1.29, 1.82) is 0 Å². The van der Waals surface area contributed by atoms with E-state index in [2.05, 4.69) is 4.99 Å². The molecule has 1 aromatic carbocycles. The van der Waals surface area contributed by atoms with Gasteiger partial charge in [-0.1, -0.05) is 12.1 Å². The average molecular weight is 209 g/mol. The van der Waals surface area contributed by atoms with Gasteiger partial charge >= 0.3 is 0 Å². The maximum absolute atomic E-state index is 13.4. The fraction of sp³-hybridized carbons (Fsp3) is 0.364. The van der Waals surface area contributed by atoms with Crippen LogP contribution in [0.15, 0.2) is 29.3 Å². The van der Waals surface area contributed by atoms with Gasteiger partial charge < -0.3 is 10.6 Å². The lowest BCUT2D eigenvalue weighted by molar-refractivity contribution is 0.628. The molecule has 0 atom stereocenters. The van der Waals surface area contributed by atoms with Crippen LogP contribution in [0.1, 0.15) is 13.8 Å². The lowest BCUT2D eigenvalue weighted by atomic mass is 10.3. The van der Waals surface area contributed by atoms with Crippen molar-refractivity contribution in [3.8, 4) is 0 Å². The normalized spacial score (nSPS) is 11.9. The average Bonchev–Trinajstić information content (AvgIpc) is 2.16. The zero-order valence-electron chi connectivity index (χ0n) is 9.24. The Hall–Kier alpha value is -1.58. The molecule has 82 valence electrons. The van der Waals surface area contributed by atoms with E-state index in [0.29, 0.717) is 11.6 Å². The van der Waals surface area contributed by atoms with Crippen LogP contribution in [0.2, 0.25) is 0 Å². The Morgan fingerprint density at radius 3 is 2.53 bits per heavy atom. The summed E-state index contributed by atoms with van der Waals surface area (Å²) in [7, 11) is 1.69. The fourth-order valence-electron chi connectivity index (χ4n) is 1.20. The lowest BCUT2D eigenvalue weighted by Gasteiger charge is -2.19. The summed E-state index contributed by atoms with van der Waals surface area (Å²) >= 11 is 0. The predicted octanol–water partition coefficient (Wildman–Crippen LogP) is 1.99. The van der Waals surface area contributed by atoms with E-state index in [0.717, 1.165) is 0 Å². The van der Waals surface area contributed by atoms with Gasteiger partial charge in [-0.25, -0.2) is 4.39 Å². The van der Waals surface area contributed by atoms with Gasteiger partial charge in [0.15, 0.2) is 5.96 Å². The molecule has 0 amide bonds. The van der Waals surface area contributed by atoms with E-state index in [1.807, 2.05) is 13.8 Å². The standard InChI is InChI=1S/C11H16FN3/c1-8(2)14-11(13)15(3)10-7-5-4-6-9(10)12/h4-8H,1-3H3,(H2,13,14).